The van der Waals surface area contributed by atoms with Crippen LogP contribution in [0.15, 0.2) is 91.0 Å². The second-order valence-electron chi connectivity index (χ2n) is 8.73. The van der Waals surface area contributed by atoms with Crippen molar-refractivity contribution in [1.82, 2.24) is 10.2 Å². The maximum absolute atomic E-state index is 13.6. The molecule has 0 unspecified atom stereocenters. The molecule has 4 rings (SSSR count). The van der Waals surface area contributed by atoms with E-state index >= 15 is 0 Å². The number of methoxy groups -OCH3 is 1. The fraction of sp³-hybridized carbons (Fsp3) is 0.129. The van der Waals surface area contributed by atoms with Crippen molar-refractivity contribution < 1.29 is 28.7 Å². The highest BCUT2D eigenvalue weighted by molar-refractivity contribution is 6.22. The Kier molecular flexibility index (Phi) is 8.52. The molecule has 3 amide bonds. The number of esters is 1. The number of hydrogen-bond acceptors (Lipinski definition) is 7. The number of ether oxygens (including phenoxy) is 2. The summed E-state index contributed by atoms with van der Waals surface area (Å²) in [4.78, 5) is 53.1. The van der Waals surface area contributed by atoms with Gasteiger partial charge in [0.05, 0.1) is 18.2 Å². The molecule has 200 valence electrons. The summed E-state index contributed by atoms with van der Waals surface area (Å²) >= 11 is 0. The lowest BCUT2D eigenvalue weighted by Gasteiger charge is -2.25. The smallest absolute Gasteiger partial charge is 0.335 e. The van der Waals surface area contributed by atoms with Crippen LogP contribution in [0.3, 0.4) is 0 Å². The number of benzene rings is 3. The summed E-state index contributed by atoms with van der Waals surface area (Å²) < 4.78 is 11.1. The molecule has 40 heavy (non-hydrogen) atoms. The molecule has 0 aliphatic carbocycles. The molecule has 0 saturated carbocycles. The van der Waals surface area contributed by atoms with Crippen LogP contribution in [0.2, 0.25) is 0 Å². The SMILES string of the molecule is C=CCNC(=O)/C(C#N)=C/c1ccc(OC(=O)[C@H](Cc2ccccc2)N2C(=O)c3ccccc3C2=O)c(OC)c1. The molecule has 3 aromatic rings. The standard InChI is InChI=1S/C31H25N3O6/c1-3-15-33-28(35)22(19-32)16-21-13-14-26(27(18-21)39-2)40-31(38)25(17-20-9-5-4-6-10-20)34-29(36)23-11-7-8-12-24(23)30(34)37/h3-14,16,18,25H,1,15,17H2,2H3,(H,33,35)/b22-16+/t25-/m0/s1. The minimum Gasteiger partial charge on any atom is -0.493 e. The molecule has 0 aromatic heterocycles. The summed E-state index contributed by atoms with van der Waals surface area (Å²) in [6.45, 7) is 3.72. The Labute approximate surface area is 230 Å². The molecule has 0 spiro atoms. The first-order chi connectivity index (χ1) is 19.4. The number of fused-ring (bicyclic) bond motifs is 1. The number of imide groups is 1. The van der Waals surface area contributed by atoms with Crippen LogP contribution in [0.25, 0.3) is 6.08 Å². The zero-order valence-corrected chi connectivity index (χ0v) is 21.6. The minimum absolute atomic E-state index is 0.0361. The fourth-order valence-corrected chi connectivity index (χ4v) is 4.22. The van der Waals surface area contributed by atoms with Gasteiger partial charge < -0.3 is 14.8 Å². The van der Waals surface area contributed by atoms with E-state index in [1.165, 1.54) is 37.5 Å². The average Bonchev–Trinajstić information content (AvgIpc) is 3.23. The van der Waals surface area contributed by atoms with E-state index in [1.54, 1.807) is 48.5 Å². The Morgan fingerprint density at radius 2 is 1.65 bits per heavy atom. The molecule has 1 heterocycles. The van der Waals surface area contributed by atoms with E-state index in [-0.39, 0.29) is 41.2 Å². The number of nitriles is 1. The highest BCUT2D eigenvalue weighted by Crippen LogP contribution is 2.31. The molecule has 0 saturated heterocycles. The number of amides is 3. The van der Waals surface area contributed by atoms with E-state index in [9.17, 15) is 24.4 Å². The van der Waals surface area contributed by atoms with E-state index in [1.807, 2.05) is 12.1 Å². The number of carbonyl (C=O) groups excluding carboxylic acids is 4. The quantitative estimate of drug-likeness (QED) is 0.105. The highest BCUT2D eigenvalue weighted by Gasteiger charge is 2.43. The van der Waals surface area contributed by atoms with Gasteiger partial charge in [0, 0.05) is 13.0 Å². The van der Waals surface area contributed by atoms with Crippen molar-refractivity contribution in [2.45, 2.75) is 12.5 Å². The largest absolute Gasteiger partial charge is 0.493 e. The predicted octanol–water partition coefficient (Wildman–Crippen LogP) is 3.72. The van der Waals surface area contributed by atoms with Crippen LogP contribution in [0.1, 0.15) is 31.8 Å². The van der Waals surface area contributed by atoms with E-state index in [4.69, 9.17) is 9.47 Å². The van der Waals surface area contributed by atoms with E-state index in [0.29, 0.717) is 5.56 Å². The third-order valence-corrected chi connectivity index (χ3v) is 6.16. The van der Waals surface area contributed by atoms with Crippen molar-refractivity contribution in [3.05, 3.63) is 113 Å². The lowest BCUT2D eigenvalue weighted by molar-refractivity contribution is -0.139. The first kappa shape index (κ1) is 27.5. The zero-order chi connectivity index (χ0) is 28.6. The summed E-state index contributed by atoms with van der Waals surface area (Å²) in [6.07, 6.45) is 2.90. The van der Waals surface area contributed by atoms with Gasteiger partial charge in [0.15, 0.2) is 11.5 Å². The van der Waals surface area contributed by atoms with Gasteiger partial charge in [0.2, 0.25) is 0 Å². The second-order valence-corrected chi connectivity index (χ2v) is 8.73. The summed E-state index contributed by atoms with van der Waals surface area (Å²) in [6, 6.07) is 20.5. The van der Waals surface area contributed by atoms with Crippen molar-refractivity contribution >= 4 is 29.8 Å². The van der Waals surface area contributed by atoms with Crippen LogP contribution in [-0.4, -0.2) is 48.3 Å². The van der Waals surface area contributed by atoms with Crippen LogP contribution < -0.4 is 14.8 Å². The third-order valence-electron chi connectivity index (χ3n) is 6.16. The second kappa shape index (κ2) is 12.4. The number of nitrogens with one attached hydrogen (secondary N) is 1. The molecule has 0 bridgehead atoms. The zero-order valence-electron chi connectivity index (χ0n) is 21.6. The van der Waals surface area contributed by atoms with Gasteiger partial charge >= 0.3 is 5.97 Å². The van der Waals surface area contributed by atoms with E-state index in [0.717, 1.165) is 10.5 Å². The van der Waals surface area contributed by atoms with E-state index in [2.05, 4.69) is 11.9 Å². The van der Waals surface area contributed by atoms with Crippen LogP contribution in [0, 0.1) is 11.3 Å². The Bertz CT molecular complexity index is 1520. The third kappa shape index (κ3) is 5.81. The van der Waals surface area contributed by atoms with Gasteiger partial charge in [-0.3, -0.25) is 19.3 Å². The van der Waals surface area contributed by atoms with Crippen LogP contribution in [0.5, 0.6) is 11.5 Å². The molecular formula is C31H25N3O6. The van der Waals surface area contributed by atoms with Gasteiger partial charge in [0.25, 0.3) is 17.7 Å². The maximum Gasteiger partial charge on any atom is 0.335 e. The Hall–Kier alpha value is -5.49. The first-order valence-corrected chi connectivity index (χ1v) is 12.3. The van der Waals surface area contributed by atoms with Crippen molar-refractivity contribution in [2.24, 2.45) is 0 Å². The van der Waals surface area contributed by atoms with E-state index < -0.39 is 29.7 Å². The first-order valence-electron chi connectivity index (χ1n) is 12.3. The molecule has 1 aliphatic heterocycles. The van der Waals surface area contributed by atoms with Gasteiger partial charge in [-0.2, -0.15) is 5.26 Å². The van der Waals surface area contributed by atoms with Gasteiger partial charge in [-0.1, -0.05) is 54.6 Å². The molecule has 0 radical (unpaired) electrons. The number of carbonyl (C=O) groups is 4. The molecule has 1 atom stereocenters. The van der Waals surface area contributed by atoms with Crippen LogP contribution in [-0.2, 0) is 16.0 Å². The van der Waals surface area contributed by atoms with Gasteiger partial charge in [-0.25, -0.2) is 4.79 Å². The Balaban J connectivity index is 1.63. The van der Waals surface area contributed by atoms with Gasteiger partial charge in [-0.15, -0.1) is 6.58 Å². The van der Waals surface area contributed by atoms with Gasteiger partial charge in [-0.05, 0) is 41.5 Å². The summed E-state index contributed by atoms with van der Waals surface area (Å²) in [7, 11) is 1.37. The monoisotopic (exact) mass is 535 g/mol. The topological polar surface area (TPSA) is 126 Å². The lowest BCUT2D eigenvalue weighted by atomic mass is 10.0. The van der Waals surface area contributed by atoms with Crippen molar-refractivity contribution in [3.63, 3.8) is 0 Å². The lowest BCUT2D eigenvalue weighted by Crippen LogP contribution is -2.48. The summed E-state index contributed by atoms with van der Waals surface area (Å²) in [5.74, 6) is -2.38. The minimum atomic E-state index is -1.25. The molecule has 9 nitrogen and oxygen atoms in total. The molecular weight excluding hydrogens is 510 g/mol. The molecule has 1 aliphatic rings. The van der Waals surface area contributed by atoms with Crippen molar-refractivity contribution in [3.8, 4) is 17.6 Å². The predicted molar refractivity (Wildman–Crippen MR) is 146 cm³/mol. The molecule has 0 fully saturated rings. The van der Waals surface area contributed by atoms with Crippen molar-refractivity contribution in [1.29, 1.82) is 5.26 Å². The van der Waals surface area contributed by atoms with Crippen LogP contribution >= 0.6 is 0 Å². The van der Waals surface area contributed by atoms with Gasteiger partial charge in [0.1, 0.15) is 17.7 Å². The Morgan fingerprint density at radius 3 is 2.25 bits per heavy atom. The fourth-order valence-electron chi connectivity index (χ4n) is 4.22. The average molecular weight is 536 g/mol. The maximum atomic E-state index is 13.6. The number of hydrogen-bond donors (Lipinski definition) is 1. The molecule has 3 aromatic carbocycles. The number of nitrogens with zero attached hydrogens (tertiary/aromatic N) is 2. The van der Waals surface area contributed by atoms with Crippen LogP contribution in [0.4, 0.5) is 0 Å². The molecule has 1 N–H and O–H groups in total. The molecule has 9 heteroatoms. The number of rotatable bonds is 10. The van der Waals surface area contributed by atoms with Crippen molar-refractivity contribution in [2.75, 3.05) is 13.7 Å². The summed E-state index contributed by atoms with van der Waals surface area (Å²) in [5, 5.41) is 11.9. The normalized spacial score (nSPS) is 13.2. The Morgan fingerprint density at radius 1 is 1.00 bits per heavy atom. The summed E-state index contributed by atoms with van der Waals surface area (Å²) in [5.41, 5.74) is 1.48. The highest BCUT2D eigenvalue weighted by atomic mass is 16.6.